The van der Waals surface area contributed by atoms with Crippen LogP contribution in [-0.2, 0) is 9.59 Å². The van der Waals surface area contributed by atoms with E-state index in [1.54, 1.807) is 30.3 Å². The van der Waals surface area contributed by atoms with Gasteiger partial charge in [-0.15, -0.1) is 0 Å². The second-order valence-electron chi connectivity index (χ2n) is 4.10. The molecule has 0 radical (unpaired) electrons. The van der Waals surface area contributed by atoms with Gasteiger partial charge in [0.05, 0.1) is 0 Å². The molecule has 0 aliphatic rings. The van der Waals surface area contributed by atoms with Gasteiger partial charge in [0.1, 0.15) is 12.6 Å². The first-order valence-corrected chi connectivity index (χ1v) is 6.01. The molecular weight excluding hydrogens is 262 g/mol. The van der Waals surface area contributed by atoms with Crippen molar-refractivity contribution in [3.8, 4) is 0 Å². The number of carboxylic acid groups (broad SMARTS) is 1. The molecule has 1 aromatic carbocycles. The molecule has 0 spiro atoms. The molecule has 108 valence electrons. The molecule has 7 nitrogen and oxygen atoms in total. The third-order valence-corrected chi connectivity index (χ3v) is 2.70. The zero-order chi connectivity index (χ0) is 15.1. The normalized spacial score (nSPS) is 11.3. The standard InChI is InChI=1S/C13H17N3O4/c1-9(12(19)15-13(20)14-2)16(8-11(17)18)10-6-4-3-5-7-10/h3-7,9H,8H2,1-2H3,(H,17,18)(H2,14,15,19,20). The van der Waals surface area contributed by atoms with Gasteiger partial charge in [0.15, 0.2) is 0 Å². The molecule has 0 aliphatic heterocycles. The maximum atomic E-state index is 11.9. The summed E-state index contributed by atoms with van der Waals surface area (Å²) < 4.78 is 0. The molecule has 1 unspecified atom stereocenters. The van der Waals surface area contributed by atoms with Crippen LogP contribution in [0.15, 0.2) is 30.3 Å². The highest BCUT2D eigenvalue weighted by Gasteiger charge is 2.24. The second kappa shape index (κ2) is 7.13. The molecule has 1 atom stereocenters. The van der Waals surface area contributed by atoms with Gasteiger partial charge in [0.2, 0.25) is 5.91 Å². The number of carbonyl (C=O) groups is 3. The highest BCUT2D eigenvalue weighted by molar-refractivity contribution is 5.98. The van der Waals surface area contributed by atoms with Gasteiger partial charge >= 0.3 is 12.0 Å². The van der Waals surface area contributed by atoms with E-state index in [-0.39, 0.29) is 6.54 Å². The van der Waals surface area contributed by atoms with Crippen molar-refractivity contribution in [2.75, 3.05) is 18.5 Å². The van der Waals surface area contributed by atoms with Gasteiger partial charge in [-0.05, 0) is 19.1 Å². The Labute approximate surface area is 116 Å². The Morgan fingerprint density at radius 3 is 2.35 bits per heavy atom. The van der Waals surface area contributed by atoms with Crippen molar-refractivity contribution in [1.82, 2.24) is 10.6 Å². The Morgan fingerprint density at radius 2 is 1.85 bits per heavy atom. The van der Waals surface area contributed by atoms with Crippen molar-refractivity contribution in [1.29, 1.82) is 0 Å². The number of rotatable bonds is 5. The Hall–Kier alpha value is -2.57. The number of urea groups is 1. The van der Waals surface area contributed by atoms with Gasteiger partial charge in [-0.1, -0.05) is 18.2 Å². The fourth-order valence-corrected chi connectivity index (χ4v) is 1.64. The molecule has 3 amide bonds. The van der Waals surface area contributed by atoms with E-state index in [0.29, 0.717) is 5.69 Å². The minimum atomic E-state index is -1.06. The molecule has 3 N–H and O–H groups in total. The lowest BCUT2D eigenvalue weighted by Crippen LogP contribution is -2.50. The first-order valence-electron chi connectivity index (χ1n) is 6.01. The average molecular weight is 279 g/mol. The SMILES string of the molecule is CNC(=O)NC(=O)C(C)N(CC(=O)O)c1ccccc1. The predicted molar refractivity (Wildman–Crippen MR) is 73.5 cm³/mol. The van der Waals surface area contributed by atoms with E-state index in [9.17, 15) is 14.4 Å². The summed E-state index contributed by atoms with van der Waals surface area (Å²) in [6, 6.07) is 7.24. The van der Waals surface area contributed by atoms with E-state index in [4.69, 9.17) is 5.11 Å². The van der Waals surface area contributed by atoms with Gasteiger partial charge in [-0.25, -0.2) is 4.79 Å². The number of imide groups is 1. The third-order valence-electron chi connectivity index (χ3n) is 2.70. The number of carboxylic acids is 1. The van der Waals surface area contributed by atoms with Crippen molar-refractivity contribution < 1.29 is 19.5 Å². The lowest BCUT2D eigenvalue weighted by molar-refractivity contribution is -0.135. The number of hydrogen-bond donors (Lipinski definition) is 3. The van der Waals surface area contributed by atoms with Crippen molar-refractivity contribution in [3.05, 3.63) is 30.3 Å². The van der Waals surface area contributed by atoms with Gasteiger partial charge in [-0.3, -0.25) is 14.9 Å². The molecule has 20 heavy (non-hydrogen) atoms. The number of nitrogens with one attached hydrogen (secondary N) is 2. The van der Waals surface area contributed by atoms with Crippen molar-refractivity contribution in [2.45, 2.75) is 13.0 Å². The maximum absolute atomic E-state index is 11.9. The van der Waals surface area contributed by atoms with E-state index in [2.05, 4.69) is 10.6 Å². The monoisotopic (exact) mass is 279 g/mol. The molecule has 1 aromatic rings. The summed E-state index contributed by atoms with van der Waals surface area (Å²) in [5.41, 5.74) is 0.592. The molecular formula is C13H17N3O4. The molecule has 1 rings (SSSR count). The number of carbonyl (C=O) groups excluding carboxylic acids is 2. The van der Waals surface area contributed by atoms with Crippen LogP contribution < -0.4 is 15.5 Å². The number of para-hydroxylation sites is 1. The molecule has 0 heterocycles. The maximum Gasteiger partial charge on any atom is 0.323 e. The van der Waals surface area contributed by atoms with Gasteiger partial charge in [0, 0.05) is 12.7 Å². The number of benzene rings is 1. The summed E-state index contributed by atoms with van der Waals surface area (Å²) >= 11 is 0. The summed E-state index contributed by atoms with van der Waals surface area (Å²) in [7, 11) is 1.39. The summed E-state index contributed by atoms with van der Waals surface area (Å²) in [6.45, 7) is 1.19. The first kappa shape index (κ1) is 15.5. The molecule has 0 aliphatic carbocycles. The zero-order valence-electron chi connectivity index (χ0n) is 11.3. The Balaban J connectivity index is 2.90. The molecule has 0 saturated heterocycles. The Morgan fingerprint density at radius 1 is 1.25 bits per heavy atom. The van der Waals surface area contributed by atoms with Gasteiger partial charge in [0.25, 0.3) is 0 Å². The summed E-state index contributed by atoms with van der Waals surface area (Å²) in [5, 5.41) is 13.3. The highest BCUT2D eigenvalue weighted by atomic mass is 16.4. The summed E-state index contributed by atoms with van der Waals surface area (Å²) in [5.74, 6) is -1.64. The van der Waals surface area contributed by atoms with Crippen molar-refractivity contribution in [3.63, 3.8) is 0 Å². The number of nitrogens with zero attached hydrogens (tertiary/aromatic N) is 1. The topological polar surface area (TPSA) is 98.7 Å². The molecule has 0 aromatic heterocycles. The molecule has 0 saturated carbocycles. The van der Waals surface area contributed by atoms with Crippen LogP contribution in [-0.4, -0.2) is 42.6 Å². The largest absolute Gasteiger partial charge is 0.480 e. The quantitative estimate of drug-likeness (QED) is 0.725. The number of aliphatic carboxylic acids is 1. The summed E-state index contributed by atoms with van der Waals surface area (Å²) in [6.07, 6.45) is 0. The Bertz CT molecular complexity index is 490. The summed E-state index contributed by atoms with van der Waals surface area (Å²) in [4.78, 5) is 35.4. The average Bonchev–Trinajstić information content (AvgIpc) is 2.44. The molecule has 0 fully saturated rings. The van der Waals surface area contributed by atoms with E-state index >= 15 is 0 Å². The van der Waals surface area contributed by atoms with Crippen LogP contribution in [0.4, 0.5) is 10.5 Å². The fraction of sp³-hybridized carbons (Fsp3) is 0.308. The minimum absolute atomic E-state index is 0.341. The van der Waals surface area contributed by atoms with E-state index in [1.165, 1.54) is 18.9 Å². The number of anilines is 1. The van der Waals surface area contributed by atoms with Crippen LogP contribution >= 0.6 is 0 Å². The first-order chi connectivity index (χ1) is 9.45. The van der Waals surface area contributed by atoms with Crippen LogP contribution in [0.3, 0.4) is 0 Å². The van der Waals surface area contributed by atoms with Crippen LogP contribution in [0, 0.1) is 0 Å². The lowest BCUT2D eigenvalue weighted by atomic mass is 10.2. The van der Waals surface area contributed by atoms with Gasteiger partial charge in [-0.2, -0.15) is 0 Å². The van der Waals surface area contributed by atoms with Crippen LogP contribution in [0.2, 0.25) is 0 Å². The molecule has 7 heteroatoms. The van der Waals surface area contributed by atoms with Gasteiger partial charge < -0.3 is 15.3 Å². The lowest BCUT2D eigenvalue weighted by Gasteiger charge is -2.28. The smallest absolute Gasteiger partial charge is 0.323 e. The van der Waals surface area contributed by atoms with Crippen LogP contribution in [0.1, 0.15) is 6.92 Å². The number of amides is 3. The van der Waals surface area contributed by atoms with Crippen LogP contribution in [0.5, 0.6) is 0 Å². The minimum Gasteiger partial charge on any atom is -0.480 e. The zero-order valence-corrected chi connectivity index (χ0v) is 11.3. The van der Waals surface area contributed by atoms with E-state index in [1.807, 2.05) is 0 Å². The number of hydrogen-bond acceptors (Lipinski definition) is 4. The predicted octanol–water partition coefficient (Wildman–Crippen LogP) is 0.422. The fourth-order valence-electron chi connectivity index (χ4n) is 1.64. The third kappa shape index (κ3) is 4.27. The molecule has 0 bridgehead atoms. The van der Waals surface area contributed by atoms with Crippen molar-refractivity contribution >= 4 is 23.6 Å². The van der Waals surface area contributed by atoms with E-state index < -0.39 is 23.9 Å². The second-order valence-corrected chi connectivity index (χ2v) is 4.10. The van der Waals surface area contributed by atoms with Crippen molar-refractivity contribution in [2.24, 2.45) is 0 Å². The Kier molecular flexibility index (Phi) is 5.52. The van der Waals surface area contributed by atoms with E-state index in [0.717, 1.165) is 0 Å². The highest BCUT2D eigenvalue weighted by Crippen LogP contribution is 2.16. The van der Waals surface area contributed by atoms with Crippen LogP contribution in [0.25, 0.3) is 0 Å².